The molecule has 0 N–H and O–H groups in total. The lowest BCUT2D eigenvalue weighted by molar-refractivity contribution is -0.263. The summed E-state index contributed by atoms with van der Waals surface area (Å²) >= 11 is 0. The third kappa shape index (κ3) is 10.00. The van der Waals surface area contributed by atoms with E-state index in [-0.39, 0.29) is 53.7 Å². The number of rotatable bonds is 9. The summed E-state index contributed by atoms with van der Waals surface area (Å²) in [4.78, 5) is 49.7. The molecule has 3 aliphatic heterocycles. The quantitative estimate of drug-likeness (QED) is 0.264. The van der Waals surface area contributed by atoms with Gasteiger partial charge in [0, 0.05) is 70.0 Å². The van der Waals surface area contributed by atoms with Gasteiger partial charge in [-0.3, -0.25) is 19.3 Å². The van der Waals surface area contributed by atoms with Gasteiger partial charge in [0.15, 0.2) is 12.1 Å². The van der Waals surface area contributed by atoms with Crippen molar-refractivity contribution in [1.82, 2.24) is 19.6 Å². The van der Waals surface area contributed by atoms with Crippen LogP contribution in [-0.4, -0.2) is 149 Å². The van der Waals surface area contributed by atoms with E-state index in [1.54, 1.807) is 21.0 Å². The van der Waals surface area contributed by atoms with Crippen molar-refractivity contribution in [2.24, 2.45) is 28.6 Å². The molecule has 278 valence electrons. The number of carbonyl (C=O) groups excluding carboxylic acids is 3. The van der Waals surface area contributed by atoms with Gasteiger partial charge in [-0.05, 0) is 87.1 Å². The van der Waals surface area contributed by atoms with Crippen LogP contribution in [0.3, 0.4) is 0 Å². The standard InChI is InChI=1S/C37H68N4O7/c1-24-17-37(8,45-14)33(48-31-16-28(39(11)12)15-25(2)47-31)26(3)32(43)36(6,7)34(44)46-22-29(40(13)19-24)27-20-41(21-27)30(42)18-35(4,5)23-38(9)10/h24-29,31,33H,15-23H2,1-14H3/t24-,25-,26+,28+,29?,31+,33-,37-/m1/s1. The maximum Gasteiger partial charge on any atom is 0.319 e. The number of hydrogen-bond donors (Lipinski definition) is 0. The van der Waals surface area contributed by atoms with Gasteiger partial charge in [0.1, 0.15) is 12.0 Å². The molecule has 8 atom stereocenters. The first kappa shape index (κ1) is 40.8. The summed E-state index contributed by atoms with van der Waals surface area (Å²) in [6, 6.07) is 0.187. The van der Waals surface area contributed by atoms with Crippen molar-refractivity contribution < 1.29 is 33.3 Å². The highest BCUT2D eigenvalue weighted by molar-refractivity contribution is 6.04. The molecule has 11 heteroatoms. The van der Waals surface area contributed by atoms with Gasteiger partial charge in [-0.1, -0.05) is 27.7 Å². The first-order valence-electron chi connectivity index (χ1n) is 18.0. The minimum absolute atomic E-state index is 0.00361. The first-order chi connectivity index (χ1) is 22.1. The van der Waals surface area contributed by atoms with E-state index >= 15 is 0 Å². The zero-order chi connectivity index (χ0) is 36.4. The number of cyclic esters (lactones) is 1. The number of amides is 1. The molecule has 1 amide bonds. The second-order valence-corrected chi connectivity index (χ2v) is 17.4. The molecule has 0 bridgehead atoms. The second-order valence-electron chi connectivity index (χ2n) is 17.4. The predicted octanol–water partition coefficient (Wildman–Crippen LogP) is 3.78. The molecule has 0 aromatic rings. The number of Topliss-reactive ketones (excluding diaryl/α,β-unsaturated/α-hetero) is 1. The van der Waals surface area contributed by atoms with E-state index in [1.165, 1.54) is 0 Å². The Kier molecular flexibility index (Phi) is 13.7. The summed E-state index contributed by atoms with van der Waals surface area (Å²) in [6.07, 6.45) is 1.52. The lowest BCUT2D eigenvalue weighted by atomic mass is 9.74. The second kappa shape index (κ2) is 16.1. The molecule has 3 aliphatic rings. The summed E-state index contributed by atoms with van der Waals surface area (Å²) in [5, 5.41) is 0. The Morgan fingerprint density at radius 3 is 2.21 bits per heavy atom. The Balaban J connectivity index is 1.85. The summed E-state index contributed by atoms with van der Waals surface area (Å²) in [6.45, 7) is 18.6. The molecule has 0 saturated carbocycles. The molecule has 0 aliphatic carbocycles. The average Bonchev–Trinajstić information content (AvgIpc) is 2.93. The number of ketones is 1. The van der Waals surface area contributed by atoms with Crippen molar-refractivity contribution in [1.29, 1.82) is 0 Å². The van der Waals surface area contributed by atoms with Crippen LogP contribution >= 0.6 is 0 Å². The zero-order valence-corrected chi connectivity index (χ0v) is 32.6. The smallest absolute Gasteiger partial charge is 0.319 e. The fourth-order valence-electron chi connectivity index (χ4n) is 8.40. The van der Waals surface area contributed by atoms with Crippen molar-refractivity contribution >= 4 is 17.7 Å². The molecule has 3 saturated heterocycles. The Labute approximate surface area is 291 Å². The SMILES string of the molecule is CO[C@]1(C)C[C@@H](C)CN(C)C(C2CN(C(=O)CC(C)(C)CN(C)C)C2)COC(=O)C(C)(C)C(=O)[C@H](C)[C@H]1O[C@H]1C[C@@H](N(C)C)C[C@@H](C)O1. The number of nitrogens with zero attached hydrogens (tertiary/aromatic N) is 4. The van der Waals surface area contributed by atoms with E-state index < -0.39 is 35.3 Å². The van der Waals surface area contributed by atoms with Crippen LogP contribution in [0.1, 0.15) is 81.1 Å². The monoisotopic (exact) mass is 681 g/mol. The third-order valence-corrected chi connectivity index (χ3v) is 11.0. The highest BCUT2D eigenvalue weighted by Gasteiger charge is 2.51. The predicted molar refractivity (Wildman–Crippen MR) is 187 cm³/mol. The maximum absolute atomic E-state index is 14.3. The summed E-state index contributed by atoms with van der Waals surface area (Å²) < 4.78 is 25.3. The van der Waals surface area contributed by atoms with Crippen LogP contribution < -0.4 is 0 Å². The molecule has 0 aromatic carbocycles. The number of methoxy groups -OCH3 is 1. The van der Waals surface area contributed by atoms with Gasteiger partial charge in [0.05, 0.1) is 17.8 Å². The van der Waals surface area contributed by atoms with Crippen LogP contribution in [0.5, 0.6) is 0 Å². The largest absolute Gasteiger partial charge is 0.463 e. The number of esters is 1. The molecule has 11 nitrogen and oxygen atoms in total. The number of likely N-dealkylation sites (tertiary alicyclic amines) is 1. The molecule has 0 radical (unpaired) electrons. The van der Waals surface area contributed by atoms with E-state index in [9.17, 15) is 14.4 Å². The van der Waals surface area contributed by atoms with Crippen molar-refractivity contribution in [2.45, 2.75) is 117 Å². The van der Waals surface area contributed by atoms with E-state index in [0.29, 0.717) is 32.4 Å². The summed E-state index contributed by atoms with van der Waals surface area (Å²) in [5.41, 5.74) is -2.36. The topological polar surface area (TPSA) is 101 Å². The first-order valence-corrected chi connectivity index (χ1v) is 18.0. The molecule has 3 rings (SSSR count). The van der Waals surface area contributed by atoms with Crippen molar-refractivity contribution in [3.8, 4) is 0 Å². The van der Waals surface area contributed by atoms with Crippen LogP contribution in [0.4, 0.5) is 0 Å². The Bertz CT molecular complexity index is 1110. The van der Waals surface area contributed by atoms with Crippen LogP contribution in [0, 0.1) is 28.6 Å². The van der Waals surface area contributed by atoms with Gasteiger partial charge in [-0.25, -0.2) is 0 Å². The Hall–Kier alpha value is -1.63. The van der Waals surface area contributed by atoms with Crippen LogP contribution in [0.2, 0.25) is 0 Å². The highest BCUT2D eigenvalue weighted by Crippen LogP contribution is 2.39. The average molecular weight is 681 g/mol. The minimum atomic E-state index is -1.40. The molecular formula is C37H68N4O7. The van der Waals surface area contributed by atoms with Gasteiger partial charge in [0.2, 0.25) is 5.91 Å². The van der Waals surface area contributed by atoms with Crippen molar-refractivity contribution in [3.63, 3.8) is 0 Å². The minimum Gasteiger partial charge on any atom is -0.463 e. The Morgan fingerprint density at radius 2 is 1.65 bits per heavy atom. The fourth-order valence-corrected chi connectivity index (χ4v) is 8.40. The maximum atomic E-state index is 14.3. The molecule has 1 unspecified atom stereocenters. The van der Waals surface area contributed by atoms with Crippen LogP contribution in [0.15, 0.2) is 0 Å². The van der Waals surface area contributed by atoms with Gasteiger partial charge >= 0.3 is 5.97 Å². The summed E-state index contributed by atoms with van der Waals surface area (Å²) in [5.74, 6) is -0.987. The van der Waals surface area contributed by atoms with E-state index in [1.807, 2.05) is 32.8 Å². The lowest BCUT2D eigenvalue weighted by Gasteiger charge is -2.47. The molecule has 48 heavy (non-hydrogen) atoms. The van der Waals surface area contributed by atoms with E-state index in [4.69, 9.17) is 18.9 Å². The van der Waals surface area contributed by atoms with E-state index in [2.05, 4.69) is 63.5 Å². The van der Waals surface area contributed by atoms with Crippen molar-refractivity contribution in [3.05, 3.63) is 0 Å². The molecule has 0 spiro atoms. The van der Waals surface area contributed by atoms with Crippen molar-refractivity contribution in [2.75, 3.05) is 75.1 Å². The third-order valence-electron chi connectivity index (χ3n) is 11.0. The molecular weight excluding hydrogens is 612 g/mol. The van der Waals surface area contributed by atoms with Gasteiger partial charge in [-0.2, -0.15) is 0 Å². The van der Waals surface area contributed by atoms with Gasteiger partial charge < -0.3 is 33.6 Å². The molecule has 0 aromatic heterocycles. The van der Waals surface area contributed by atoms with Crippen LogP contribution in [-0.2, 0) is 33.3 Å². The van der Waals surface area contributed by atoms with E-state index in [0.717, 1.165) is 19.5 Å². The molecule has 3 fully saturated rings. The number of carbonyl (C=O) groups is 3. The van der Waals surface area contributed by atoms with Crippen LogP contribution in [0.25, 0.3) is 0 Å². The number of hydrogen-bond acceptors (Lipinski definition) is 10. The fraction of sp³-hybridized carbons (Fsp3) is 0.919. The Morgan fingerprint density at radius 1 is 1.02 bits per heavy atom. The zero-order valence-electron chi connectivity index (χ0n) is 32.6. The highest BCUT2D eigenvalue weighted by atomic mass is 16.7. The van der Waals surface area contributed by atoms with Gasteiger partial charge in [0.25, 0.3) is 0 Å². The number of likely N-dealkylation sites (N-methyl/N-ethyl adjacent to an activating group) is 1. The molecule has 3 heterocycles. The summed E-state index contributed by atoms with van der Waals surface area (Å²) in [7, 11) is 11.9. The lowest BCUT2D eigenvalue weighted by Crippen LogP contribution is -2.60. The van der Waals surface area contributed by atoms with Gasteiger partial charge in [-0.15, -0.1) is 0 Å². The normalized spacial score (nSPS) is 35.1. The number of ether oxygens (including phenoxy) is 4.